The van der Waals surface area contributed by atoms with Gasteiger partial charge in [-0.1, -0.05) is 17.7 Å². The second kappa shape index (κ2) is 4.68. The molecule has 0 radical (unpaired) electrons. The van der Waals surface area contributed by atoms with Gasteiger partial charge >= 0.3 is 0 Å². The van der Waals surface area contributed by atoms with Gasteiger partial charge in [0.05, 0.1) is 5.02 Å². The molecule has 0 unspecified atom stereocenters. The average Bonchev–Trinajstić information content (AvgIpc) is 2.24. The van der Waals surface area contributed by atoms with Gasteiger partial charge in [-0.2, -0.15) is 0 Å². The van der Waals surface area contributed by atoms with Crippen LogP contribution in [0, 0.1) is 5.82 Å². The molecule has 1 nitrogen and oxygen atoms in total. The average molecular weight is 246 g/mol. The molecule has 0 amide bonds. The van der Waals surface area contributed by atoms with E-state index in [2.05, 4.69) is 5.32 Å². The molecule has 0 aliphatic carbocycles. The summed E-state index contributed by atoms with van der Waals surface area (Å²) in [7, 11) is 0. The van der Waals surface area contributed by atoms with Gasteiger partial charge < -0.3 is 5.32 Å². The summed E-state index contributed by atoms with van der Waals surface area (Å²) in [5.41, 5.74) is -0.530. The van der Waals surface area contributed by atoms with Gasteiger partial charge in [0.15, 0.2) is 0 Å². The topological polar surface area (TPSA) is 12.0 Å². The Balaban J connectivity index is 2.10. The van der Waals surface area contributed by atoms with E-state index in [0.29, 0.717) is 31.5 Å². The summed E-state index contributed by atoms with van der Waals surface area (Å²) in [6.07, 6.45) is 1.23. The zero-order valence-electron chi connectivity index (χ0n) is 8.90. The first-order valence-electron chi connectivity index (χ1n) is 5.43. The molecule has 1 heterocycles. The van der Waals surface area contributed by atoms with Crippen LogP contribution in [-0.4, -0.2) is 18.8 Å². The van der Waals surface area contributed by atoms with Crippen molar-refractivity contribution < 1.29 is 8.78 Å². The zero-order chi connectivity index (χ0) is 11.6. The molecule has 1 N–H and O–H groups in total. The third-order valence-electron chi connectivity index (χ3n) is 3.00. The highest BCUT2D eigenvalue weighted by Crippen LogP contribution is 2.28. The first-order valence-corrected chi connectivity index (χ1v) is 5.80. The van der Waals surface area contributed by atoms with E-state index in [-0.39, 0.29) is 11.4 Å². The molecule has 0 spiro atoms. The standard InChI is InChI=1S/C12H14ClF2N/c13-10-2-1-9(7-11(10)14)8-12(15)3-5-16-6-4-12/h1-2,7,16H,3-6,8H2. The van der Waals surface area contributed by atoms with Crippen molar-refractivity contribution in [3.63, 3.8) is 0 Å². The molecule has 88 valence electrons. The minimum Gasteiger partial charge on any atom is -0.316 e. The third-order valence-corrected chi connectivity index (χ3v) is 3.31. The van der Waals surface area contributed by atoms with Crippen LogP contribution in [0.1, 0.15) is 18.4 Å². The lowest BCUT2D eigenvalue weighted by atomic mass is 9.88. The van der Waals surface area contributed by atoms with Crippen molar-refractivity contribution in [1.29, 1.82) is 0 Å². The van der Waals surface area contributed by atoms with Crippen LogP contribution in [0.15, 0.2) is 18.2 Å². The molecule has 1 aromatic rings. The van der Waals surface area contributed by atoms with Gasteiger partial charge in [-0.25, -0.2) is 8.78 Å². The molecular weight excluding hydrogens is 232 g/mol. The van der Waals surface area contributed by atoms with Crippen molar-refractivity contribution in [3.05, 3.63) is 34.6 Å². The van der Waals surface area contributed by atoms with E-state index in [1.54, 1.807) is 6.07 Å². The summed E-state index contributed by atoms with van der Waals surface area (Å²) < 4.78 is 27.5. The maximum atomic E-state index is 14.3. The molecule has 1 fully saturated rings. The lowest BCUT2D eigenvalue weighted by Crippen LogP contribution is -2.40. The molecular formula is C12H14ClF2N. The van der Waals surface area contributed by atoms with E-state index in [1.807, 2.05) is 0 Å². The molecule has 0 saturated carbocycles. The Morgan fingerprint density at radius 2 is 2.00 bits per heavy atom. The normalized spacial score (nSPS) is 19.7. The van der Waals surface area contributed by atoms with Crippen LogP contribution < -0.4 is 5.32 Å². The fourth-order valence-electron chi connectivity index (χ4n) is 2.07. The van der Waals surface area contributed by atoms with Gasteiger partial charge in [-0.15, -0.1) is 0 Å². The molecule has 1 aliphatic heterocycles. The summed E-state index contributed by atoms with van der Waals surface area (Å²) in [5.74, 6) is -0.475. The van der Waals surface area contributed by atoms with Gasteiger partial charge in [-0.3, -0.25) is 0 Å². The number of nitrogens with one attached hydrogen (secondary N) is 1. The Hall–Kier alpha value is -0.670. The number of hydrogen-bond donors (Lipinski definition) is 1. The number of alkyl halides is 1. The van der Waals surface area contributed by atoms with Crippen LogP contribution in [-0.2, 0) is 6.42 Å². The first kappa shape index (κ1) is 11.8. The summed E-state index contributed by atoms with van der Waals surface area (Å²) in [4.78, 5) is 0. The van der Waals surface area contributed by atoms with E-state index >= 15 is 0 Å². The van der Waals surface area contributed by atoms with Crippen molar-refractivity contribution >= 4 is 11.6 Å². The Bertz CT molecular complexity index is 375. The van der Waals surface area contributed by atoms with E-state index < -0.39 is 11.5 Å². The van der Waals surface area contributed by atoms with Crippen molar-refractivity contribution in [2.75, 3.05) is 13.1 Å². The highest BCUT2D eigenvalue weighted by molar-refractivity contribution is 6.30. The fraction of sp³-hybridized carbons (Fsp3) is 0.500. The monoisotopic (exact) mass is 245 g/mol. The Morgan fingerprint density at radius 1 is 1.31 bits per heavy atom. The predicted octanol–water partition coefficient (Wildman–Crippen LogP) is 3.11. The Kier molecular flexibility index (Phi) is 3.45. The molecule has 0 aromatic heterocycles. The highest BCUT2D eigenvalue weighted by Gasteiger charge is 2.31. The number of halogens is 3. The minimum atomic E-state index is -1.20. The smallest absolute Gasteiger partial charge is 0.142 e. The maximum absolute atomic E-state index is 14.3. The third kappa shape index (κ3) is 2.71. The molecule has 16 heavy (non-hydrogen) atoms. The van der Waals surface area contributed by atoms with Gasteiger partial charge in [0, 0.05) is 6.42 Å². The van der Waals surface area contributed by atoms with Gasteiger partial charge in [-0.05, 0) is 43.6 Å². The molecule has 2 rings (SSSR count). The summed E-state index contributed by atoms with van der Waals surface area (Å²) >= 11 is 5.58. The molecule has 0 atom stereocenters. The van der Waals surface area contributed by atoms with Crippen LogP contribution >= 0.6 is 11.6 Å². The largest absolute Gasteiger partial charge is 0.316 e. The predicted molar refractivity (Wildman–Crippen MR) is 61.1 cm³/mol. The van der Waals surface area contributed by atoms with Crippen LogP contribution in [0.4, 0.5) is 8.78 Å². The lowest BCUT2D eigenvalue weighted by molar-refractivity contribution is 0.116. The number of benzene rings is 1. The highest BCUT2D eigenvalue weighted by atomic mass is 35.5. The van der Waals surface area contributed by atoms with Crippen LogP contribution in [0.5, 0.6) is 0 Å². The number of piperidine rings is 1. The van der Waals surface area contributed by atoms with E-state index in [1.165, 1.54) is 12.1 Å². The molecule has 1 saturated heterocycles. The van der Waals surface area contributed by atoms with Gasteiger partial charge in [0.1, 0.15) is 11.5 Å². The van der Waals surface area contributed by atoms with Crippen molar-refractivity contribution in [2.24, 2.45) is 0 Å². The minimum absolute atomic E-state index is 0.0852. The summed E-state index contributed by atoms with van der Waals surface area (Å²) in [6.45, 7) is 1.37. The molecule has 1 aromatic carbocycles. The quantitative estimate of drug-likeness (QED) is 0.844. The fourth-order valence-corrected chi connectivity index (χ4v) is 2.18. The van der Waals surface area contributed by atoms with E-state index in [0.717, 1.165) is 0 Å². The number of rotatable bonds is 2. The van der Waals surface area contributed by atoms with Crippen LogP contribution in [0.3, 0.4) is 0 Å². The molecule has 0 bridgehead atoms. The Morgan fingerprint density at radius 3 is 2.62 bits per heavy atom. The van der Waals surface area contributed by atoms with E-state index in [4.69, 9.17) is 11.6 Å². The molecule has 1 aliphatic rings. The van der Waals surface area contributed by atoms with Gasteiger partial charge in [0.25, 0.3) is 0 Å². The van der Waals surface area contributed by atoms with Crippen molar-refractivity contribution in [2.45, 2.75) is 24.9 Å². The molecule has 4 heteroatoms. The van der Waals surface area contributed by atoms with Crippen LogP contribution in [0.25, 0.3) is 0 Å². The SMILES string of the molecule is Fc1cc(CC2(F)CCNCC2)ccc1Cl. The number of hydrogen-bond acceptors (Lipinski definition) is 1. The maximum Gasteiger partial charge on any atom is 0.142 e. The van der Waals surface area contributed by atoms with E-state index in [9.17, 15) is 8.78 Å². The van der Waals surface area contributed by atoms with Crippen molar-refractivity contribution in [3.8, 4) is 0 Å². The zero-order valence-corrected chi connectivity index (χ0v) is 9.66. The second-order valence-corrected chi connectivity index (χ2v) is 4.73. The Labute approximate surface area is 98.8 Å². The van der Waals surface area contributed by atoms with Gasteiger partial charge in [0.2, 0.25) is 0 Å². The summed E-state index contributed by atoms with van der Waals surface area (Å²) in [5, 5.41) is 3.20. The first-order chi connectivity index (χ1) is 7.59. The lowest BCUT2D eigenvalue weighted by Gasteiger charge is -2.30. The van der Waals surface area contributed by atoms with Crippen molar-refractivity contribution in [1.82, 2.24) is 5.32 Å². The van der Waals surface area contributed by atoms with Crippen LogP contribution in [0.2, 0.25) is 5.02 Å². The summed E-state index contributed by atoms with van der Waals surface area (Å²) in [6, 6.07) is 4.50. The second-order valence-electron chi connectivity index (χ2n) is 4.33.